The highest BCUT2D eigenvalue weighted by atomic mass is 32.2. The topological polar surface area (TPSA) is 171 Å². The molecule has 4 atom stereocenters. The fourth-order valence-corrected chi connectivity index (χ4v) is 2.98. The van der Waals surface area contributed by atoms with Gasteiger partial charge in [-0.15, -0.1) is 0 Å². The predicted molar refractivity (Wildman–Crippen MR) is 110 cm³/mol. The van der Waals surface area contributed by atoms with Crippen molar-refractivity contribution in [3.8, 4) is 0 Å². The Kier molecular flexibility index (Phi) is 13.7. The van der Waals surface area contributed by atoms with E-state index in [1.165, 1.54) is 30.4 Å². The highest BCUT2D eigenvalue weighted by molar-refractivity contribution is 7.98. The molecule has 0 heterocycles. The minimum Gasteiger partial charge on any atom is -0.480 e. The van der Waals surface area contributed by atoms with E-state index >= 15 is 0 Å². The molecule has 162 valence electrons. The van der Waals surface area contributed by atoms with Crippen molar-refractivity contribution >= 4 is 47.2 Å². The van der Waals surface area contributed by atoms with Crippen LogP contribution in [0.5, 0.6) is 0 Å². The van der Waals surface area contributed by atoms with E-state index in [0.29, 0.717) is 17.9 Å². The molecule has 0 spiro atoms. The van der Waals surface area contributed by atoms with Crippen LogP contribution in [0.25, 0.3) is 0 Å². The van der Waals surface area contributed by atoms with Gasteiger partial charge in [0.15, 0.2) is 0 Å². The van der Waals surface area contributed by atoms with Crippen molar-refractivity contribution in [1.29, 1.82) is 0 Å². The molecule has 0 saturated heterocycles. The Bertz CT molecular complexity index is 535. The summed E-state index contributed by atoms with van der Waals surface area (Å²) in [7, 11) is 0. The van der Waals surface area contributed by atoms with Gasteiger partial charge >= 0.3 is 5.97 Å². The van der Waals surface area contributed by atoms with E-state index in [2.05, 4.69) is 16.0 Å². The quantitative estimate of drug-likeness (QED) is 0.186. The van der Waals surface area contributed by atoms with Gasteiger partial charge < -0.3 is 31.9 Å². The van der Waals surface area contributed by atoms with Crippen LogP contribution < -0.4 is 21.7 Å². The maximum atomic E-state index is 12.5. The van der Waals surface area contributed by atoms with Gasteiger partial charge in [0, 0.05) is 0 Å². The smallest absolute Gasteiger partial charge is 0.326 e. The Morgan fingerprint density at radius 3 is 1.71 bits per heavy atom. The van der Waals surface area contributed by atoms with Crippen molar-refractivity contribution in [2.45, 2.75) is 43.9 Å². The lowest BCUT2D eigenvalue weighted by Crippen LogP contribution is -2.58. The number of carbonyl (C=O) groups excluding carboxylic acids is 3. The number of rotatable bonds is 14. The summed E-state index contributed by atoms with van der Waals surface area (Å²) < 4.78 is 0. The van der Waals surface area contributed by atoms with Crippen LogP contribution in [0.1, 0.15) is 19.8 Å². The lowest BCUT2D eigenvalue weighted by atomic mass is 10.1. The standard InChI is InChI=1S/C16H30N4O6S2/c1-9(17)13(22)18-10(4-6-27-2)14(23)20-12(8-21)15(24)19-11(16(25)26)5-7-28-3/h9-12,21H,4-8,17H2,1-3H3,(H,18,22)(H,19,24)(H,20,23)(H,25,26). The Hall–Kier alpha value is -1.50. The number of carboxylic acids is 1. The molecule has 0 aliphatic carbocycles. The number of aliphatic hydroxyl groups is 1. The van der Waals surface area contributed by atoms with Crippen LogP contribution >= 0.6 is 23.5 Å². The third-order valence-corrected chi connectivity index (χ3v) is 4.99. The molecule has 7 N–H and O–H groups in total. The van der Waals surface area contributed by atoms with Crippen molar-refractivity contribution in [2.24, 2.45) is 5.73 Å². The number of nitrogens with one attached hydrogen (secondary N) is 3. The maximum Gasteiger partial charge on any atom is 0.326 e. The number of hydrogen-bond donors (Lipinski definition) is 6. The van der Waals surface area contributed by atoms with Crippen LogP contribution in [0.2, 0.25) is 0 Å². The summed E-state index contributed by atoms with van der Waals surface area (Å²) in [6.45, 7) is 0.756. The van der Waals surface area contributed by atoms with E-state index in [9.17, 15) is 29.4 Å². The summed E-state index contributed by atoms with van der Waals surface area (Å²) in [5, 5.41) is 25.8. The minimum absolute atomic E-state index is 0.204. The molecule has 12 heteroatoms. The van der Waals surface area contributed by atoms with E-state index in [4.69, 9.17) is 5.73 Å². The molecule has 0 rings (SSSR count). The van der Waals surface area contributed by atoms with E-state index in [0.717, 1.165) is 0 Å². The van der Waals surface area contributed by atoms with Crippen molar-refractivity contribution in [3.05, 3.63) is 0 Å². The van der Waals surface area contributed by atoms with E-state index in [1.807, 2.05) is 12.5 Å². The second-order valence-corrected chi connectivity index (χ2v) is 8.03. The molecule has 10 nitrogen and oxygen atoms in total. The number of aliphatic hydroxyl groups excluding tert-OH is 1. The van der Waals surface area contributed by atoms with Crippen molar-refractivity contribution in [2.75, 3.05) is 30.6 Å². The summed E-state index contributed by atoms with van der Waals surface area (Å²) in [5.41, 5.74) is 5.50. The molecular formula is C16H30N4O6S2. The molecule has 0 bridgehead atoms. The fraction of sp³-hybridized carbons (Fsp3) is 0.750. The molecule has 28 heavy (non-hydrogen) atoms. The number of nitrogens with two attached hydrogens (primary N) is 1. The molecule has 0 aromatic rings. The Morgan fingerprint density at radius 1 is 0.857 bits per heavy atom. The van der Waals surface area contributed by atoms with Crippen LogP contribution in [-0.2, 0) is 19.2 Å². The van der Waals surface area contributed by atoms with Gasteiger partial charge in [0.2, 0.25) is 17.7 Å². The van der Waals surface area contributed by atoms with Crippen molar-refractivity contribution < 1.29 is 29.4 Å². The van der Waals surface area contributed by atoms with Gasteiger partial charge in [-0.1, -0.05) is 0 Å². The molecule has 0 aliphatic heterocycles. The molecule has 0 fully saturated rings. The molecule has 0 saturated carbocycles. The Morgan fingerprint density at radius 2 is 1.29 bits per heavy atom. The van der Waals surface area contributed by atoms with Crippen LogP contribution in [0.3, 0.4) is 0 Å². The normalized spacial score (nSPS) is 15.0. The number of carboxylic acid groups (broad SMARTS) is 1. The average molecular weight is 439 g/mol. The zero-order chi connectivity index (χ0) is 21.7. The SMILES string of the molecule is CSCCC(NC(=O)C(CO)NC(=O)C(CCSC)NC(=O)C(C)N)C(=O)O. The second kappa shape index (κ2) is 14.5. The molecule has 4 unspecified atom stereocenters. The van der Waals surface area contributed by atoms with Crippen molar-refractivity contribution in [1.82, 2.24) is 16.0 Å². The largest absolute Gasteiger partial charge is 0.480 e. The predicted octanol–water partition coefficient (Wildman–Crippen LogP) is -1.63. The van der Waals surface area contributed by atoms with Crippen LogP contribution in [0.4, 0.5) is 0 Å². The summed E-state index contributed by atoms with van der Waals surface area (Å²) in [6, 6.07) is -4.21. The van der Waals surface area contributed by atoms with Gasteiger partial charge in [-0.2, -0.15) is 23.5 Å². The van der Waals surface area contributed by atoms with E-state index < -0.39 is 54.5 Å². The monoisotopic (exact) mass is 438 g/mol. The molecule has 0 aromatic heterocycles. The lowest BCUT2D eigenvalue weighted by Gasteiger charge is -2.23. The first-order valence-corrected chi connectivity index (χ1v) is 11.4. The molecule has 3 amide bonds. The van der Waals surface area contributed by atoms with Crippen LogP contribution in [0, 0.1) is 0 Å². The minimum atomic E-state index is -1.34. The molecule has 0 aliphatic rings. The average Bonchev–Trinajstić information content (AvgIpc) is 2.65. The van der Waals surface area contributed by atoms with Gasteiger partial charge in [0.25, 0.3) is 0 Å². The summed E-state index contributed by atoms with van der Waals surface area (Å²) in [5.74, 6) is -2.10. The highest BCUT2D eigenvalue weighted by Crippen LogP contribution is 2.04. The zero-order valence-corrected chi connectivity index (χ0v) is 17.9. The van der Waals surface area contributed by atoms with Crippen LogP contribution in [-0.4, -0.2) is 88.7 Å². The van der Waals surface area contributed by atoms with Gasteiger partial charge in [-0.05, 0) is 43.8 Å². The number of hydrogen-bond acceptors (Lipinski definition) is 8. The number of thioether (sulfide) groups is 2. The second-order valence-electron chi connectivity index (χ2n) is 6.06. The van der Waals surface area contributed by atoms with E-state index in [-0.39, 0.29) is 6.42 Å². The van der Waals surface area contributed by atoms with Gasteiger partial charge in [-0.25, -0.2) is 4.79 Å². The maximum absolute atomic E-state index is 12.5. The van der Waals surface area contributed by atoms with Gasteiger partial charge in [0.1, 0.15) is 18.1 Å². The third kappa shape index (κ3) is 10.2. The number of aliphatic carboxylic acids is 1. The lowest BCUT2D eigenvalue weighted by molar-refractivity contribution is -0.142. The summed E-state index contributed by atoms with van der Waals surface area (Å²) in [4.78, 5) is 47.8. The van der Waals surface area contributed by atoms with Gasteiger partial charge in [0.05, 0.1) is 12.6 Å². The summed E-state index contributed by atoms with van der Waals surface area (Å²) >= 11 is 2.91. The zero-order valence-electron chi connectivity index (χ0n) is 16.3. The summed E-state index contributed by atoms with van der Waals surface area (Å²) in [6.07, 6.45) is 4.15. The third-order valence-electron chi connectivity index (χ3n) is 3.70. The molecule has 0 radical (unpaired) electrons. The molecular weight excluding hydrogens is 408 g/mol. The Labute approximate surface area is 173 Å². The van der Waals surface area contributed by atoms with Gasteiger partial charge in [-0.3, -0.25) is 14.4 Å². The van der Waals surface area contributed by atoms with E-state index in [1.54, 1.807) is 0 Å². The van der Waals surface area contributed by atoms with Crippen molar-refractivity contribution in [3.63, 3.8) is 0 Å². The fourth-order valence-electron chi connectivity index (χ4n) is 2.04. The first kappa shape index (κ1) is 26.5. The first-order chi connectivity index (χ1) is 13.2. The molecule has 0 aromatic carbocycles. The first-order valence-electron chi connectivity index (χ1n) is 8.66. The van der Waals surface area contributed by atoms with Crippen LogP contribution in [0.15, 0.2) is 0 Å². The number of carbonyl (C=O) groups is 4. The number of amides is 3. The highest BCUT2D eigenvalue weighted by Gasteiger charge is 2.29. The Balaban J connectivity index is 5.04.